The van der Waals surface area contributed by atoms with Crippen molar-refractivity contribution >= 4 is 23.2 Å². The van der Waals surface area contributed by atoms with Gasteiger partial charge >= 0.3 is 0 Å². The van der Waals surface area contributed by atoms with Crippen LogP contribution in [-0.2, 0) is 4.74 Å². The van der Waals surface area contributed by atoms with Crippen molar-refractivity contribution in [1.82, 2.24) is 9.97 Å². The Morgan fingerprint density at radius 1 is 1.52 bits per heavy atom. The molecular weight excluding hydrogens is 292 g/mol. The van der Waals surface area contributed by atoms with E-state index >= 15 is 0 Å². The van der Waals surface area contributed by atoms with Crippen LogP contribution >= 0.6 is 11.6 Å². The number of nitrogens with two attached hydrogens (primary N) is 1. The van der Waals surface area contributed by atoms with Crippen LogP contribution in [0.3, 0.4) is 0 Å². The zero-order chi connectivity index (χ0) is 15.0. The number of hydrogen-bond donors (Lipinski definition) is 2. The largest absolute Gasteiger partial charge is 0.390 e. The van der Waals surface area contributed by atoms with Crippen LogP contribution in [0.2, 0.25) is 5.02 Å². The molecule has 3 rings (SSSR count). The van der Waals surface area contributed by atoms with Gasteiger partial charge in [-0.1, -0.05) is 11.6 Å². The fourth-order valence-electron chi connectivity index (χ4n) is 3.43. The van der Waals surface area contributed by atoms with Gasteiger partial charge in [-0.2, -0.15) is 0 Å². The van der Waals surface area contributed by atoms with Gasteiger partial charge in [-0.25, -0.2) is 9.97 Å². The number of rotatable bonds is 2. The standard InChI is InChI=1S/C14H21ClN4O2/c1-14(20)4-6-21-7-9(14)10-3-2-5-19(10)13-11(15)12(16)17-8-18-13/h8-10,20H,2-7H2,1H3,(H2,16,17,18). The molecule has 1 aromatic rings. The maximum atomic E-state index is 10.7. The Bertz CT molecular complexity index is 526. The number of aliphatic hydroxyl groups is 1. The van der Waals surface area contributed by atoms with Gasteiger partial charge in [-0.3, -0.25) is 0 Å². The summed E-state index contributed by atoms with van der Waals surface area (Å²) in [6.45, 7) is 3.92. The minimum absolute atomic E-state index is 0.0426. The molecule has 3 heterocycles. The minimum Gasteiger partial charge on any atom is -0.390 e. The third-order valence-electron chi connectivity index (χ3n) is 4.68. The van der Waals surface area contributed by atoms with Crippen LogP contribution < -0.4 is 10.6 Å². The molecule has 6 nitrogen and oxygen atoms in total. The summed E-state index contributed by atoms with van der Waals surface area (Å²) in [6, 6.07) is 0.159. The fourth-order valence-corrected chi connectivity index (χ4v) is 3.63. The Hall–Kier alpha value is -1.11. The highest BCUT2D eigenvalue weighted by atomic mass is 35.5. The lowest BCUT2D eigenvalue weighted by Crippen LogP contribution is -2.52. The highest BCUT2D eigenvalue weighted by molar-refractivity contribution is 6.35. The first kappa shape index (κ1) is 14.8. The summed E-state index contributed by atoms with van der Waals surface area (Å²) >= 11 is 6.26. The summed E-state index contributed by atoms with van der Waals surface area (Å²) < 4.78 is 5.59. The maximum Gasteiger partial charge on any atom is 0.153 e. The second kappa shape index (κ2) is 5.59. The van der Waals surface area contributed by atoms with E-state index in [1.165, 1.54) is 6.33 Å². The normalized spacial score (nSPS) is 33.4. The SMILES string of the molecule is CC1(O)CCOCC1C1CCCN1c1ncnc(N)c1Cl. The molecule has 0 spiro atoms. The van der Waals surface area contributed by atoms with E-state index in [4.69, 9.17) is 22.1 Å². The van der Waals surface area contributed by atoms with E-state index < -0.39 is 5.60 Å². The Morgan fingerprint density at radius 3 is 3.10 bits per heavy atom. The monoisotopic (exact) mass is 312 g/mol. The highest BCUT2D eigenvalue weighted by Gasteiger charge is 2.44. The molecule has 21 heavy (non-hydrogen) atoms. The first-order valence-electron chi connectivity index (χ1n) is 7.33. The molecule has 0 saturated carbocycles. The first-order chi connectivity index (χ1) is 10.0. The van der Waals surface area contributed by atoms with E-state index in [0.717, 1.165) is 19.4 Å². The highest BCUT2D eigenvalue weighted by Crippen LogP contribution is 2.39. The van der Waals surface area contributed by atoms with Crippen LogP contribution in [-0.4, -0.2) is 46.5 Å². The molecule has 1 aromatic heterocycles. The third-order valence-corrected chi connectivity index (χ3v) is 5.05. The van der Waals surface area contributed by atoms with Gasteiger partial charge in [0.25, 0.3) is 0 Å². The van der Waals surface area contributed by atoms with Gasteiger partial charge in [-0.15, -0.1) is 0 Å². The van der Waals surface area contributed by atoms with Crippen LogP contribution in [0.1, 0.15) is 26.2 Å². The molecule has 2 saturated heterocycles. The minimum atomic E-state index is -0.726. The molecular formula is C14H21ClN4O2. The van der Waals surface area contributed by atoms with E-state index in [9.17, 15) is 5.11 Å². The Morgan fingerprint density at radius 2 is 2.33 bits per heavy atom. The van der Waals surface area contributed by atoms with Crippen LogP contribution in [0, 0.1) is 5.92 Å². The van der Waals surface area contributed by atoms with Crippen molar-refractivity contribution in [2.75, 3.05) is 30.4 Å². The number of anilines is 2. The molecule has 0 bridgehead atoms. The van der Waals surface area contributed by atoms with Crippen molar-refractivity contribution in [1.29, 1.82) is 0 Å². The Kier molecular flexibility index (Phi) is 3.94. The molecule has 0 aromatic carbocycles. The Labute approximate surface area is 129 Å². The molecule has 116 valence electrons. The number of ether oxygens (including phenoxy) is 1. The molecule has 3 N–H and O–H groups in total. The molecule has 3 atom stereocenters. The van der Waals surface area contributed by atoms with E-state index in [-0.39, 0.29) is 12.0 Å². The third kappa shape index (κ3) is 2.67. The lowest BCUT2D eigenvalue weighted by molar-refractivity contribution is -0.108. The quantitative estimate of drug-likeness (QED) is 0.860. The average molecular weight is 313 g/mol. The molecule has 3 unspecified atom stereocenters. The van der Waals surface area contributed by atoms with Crippen molar-refractivity contribution in [2.24, 2.45) is 5.92 Å². The Balaban J connectivity index is 1.90. The van der Waals surface area contributed by atoms with Crippen molar-refractivity contribution in [3.8, 4) is 0 Å². The van der Waals surface area contributed by atoms with Gasteiger partial charge < -0.3 is 20.5 Å². The predicted molar refractivity (Wildman–Crippen MR) is 81.4 cm³/mol. The van der Waals surface area contributed by atoms with Gasteiger partial charge in [0.1, 0.15) is 17.2 Å². The van der Waals surface area contributed by atoms with Gasteiger partial charge in [0.2, 0.25) is 0 Å². The van der Waals surface area contributed by atoms with E-state index in [2.05, 4.69) is 14.9 Å². The van der Waals surface area contributed by atoms with Gasteiger partial charge in [0, 0.05) is 25.1 Å². The number of halogens is 1. The van der Waals surface area contributed by atoms with Crippen LogP contribution in [0.15, 0.2) is 6.33 Å². The zero-order valence-corrected chi connectivity index (χ0v) is 12.9. The number of nitrogens with zero attached hydrogens (tertiary/aromatic N) is 3. The first-order valence-corrected chi connectivity index (χ1v) is 7.71. The number of aromatic nitrogens is 2. The summed E-state index contributed by atoms with van der Waals surface area (Å²) in [5, 5.41) is 11.1. The van der Waals surface area contributed by atoms with Crippen molar-refractivity contribution in [3.05, 3.63) is 11.3 Å². The van der Waals surface area contributed by atoms with Crippen LogP contribution in [0.25, 0.3) is 0 Å². The van der Waals surface area contributed by atoms with Crippen molar-refractivity contribution in [2.45, 2.75) is 37.8 Å². The maximum absolute atomic E-state index is 10.7. The average Bonchev–Trinajstić information content (AvgIpc) is 2.90. The summed E-state index contributed by atoms with van der Waals surface area (Å²) in [6.07, 6.45) is 4.12. The topological polar surface area (TPSA) is 84.5 Å². The van der Waals surface area contributed by atoms with Crippen LogP contribution in [0.5, 0.6) is 0 Å². The lowest BCUT2D eigenvalue weighted by atomic mass is 9.79. The van der Waals surface area contributed by atoms with Gasteiger partial charge in [-0.05, 0) is 26.2 Å². The van der Waals surface area contributed by atoms with Crippen LogP contribution in [0.4, 0.5) is 11.6 Å². The number of nitrogen functional groups attached to an aromatic ring is 1. The smallest absolute Gasteiger partial charge is 0.153 e. The zero-order valence-electron chi connectivity index (χ0n) is 12.1. The summed E-state index contributed by atoms with van der Waals surface area (Å²) in [5.74, 6) is 0.994. The van der Waals surface area contributed by atoms with Crippen molar-refractivity contribution in [3.63, 3.8) is 0 Å². The summed E-state index contributed by atoms with van der Waals surface area (Å²) in [7, 11) is 0. The second-order valence-electron chi connectivity index (χ2n) is 6.09. The fraction of sp³-hybridized carbons (Fsp3) is 0.714. The molecule has 2 aliphatic rings. The van der Waals surface area contributed by atoms with E-state index in [0.29, 0.717) is 36.3 Å². The molecule has 2 fully saturated rings. The summed E-state index contributed by atoms with van der Waals surface area (Å²) in [4.78, 5) is 10.4. The second-order valence-corrected chi connectivity index (χ2v) is 6.47. The molecule has 0 aliphatic carbocycles. The lowest BCUT2D eigenvalue weighted by Gasteiger charge is -2.43. The summed E-state index contributed by atoms with van der Waals surface area (Å²) in [5.41, 5.74) is 5.06. The van der Waals surface area contributed by atoms with E-state index in [1.54, 1.807) is 0 Å². The molecule has 0 amide bonds. The van der Waals surface area contributed by atoms with Crippen molar-refractivity contribution < 1.29 is 9.84 Å². The van der Waals surface area contributed by atoms with E-state index in [1.807, 2.05) is 6.92 Å². The molecule has 7 heteroatoms. The molecule has 2 aliphatic heterocycles. The van der Waals surface area contributed by atoms with Gasteiger partial charge in [0.15, 0.2) is 5.82 Å². The molecule has 0 radical (unpaired) electrons. The van der Waals surface area contributed by atoms with Gasteiger partial charge in [0.05, 0.1) is 12.2 Å². The predicted octanol–water partition coefficient (Wildman–Crippen LogP) is 1.47. The number of hydrogen-bond acceptors (Lipinski definition) is 6.